The van der Waals surface area contributed by atoms with E-state index in [1.54, 1.807) is 6.08 Å². The normalized spacial score (nSPS) is 14.7. The monoisotopic (exact) mass is 489 g/mol. The van der Waals surface area contributed by atoms with Crippen molar-refractivity contribution in [2.24, 2.45) is 0 Å². The summed E-state index contributed by atoms with van der Waals surface area (Å²) in [5, 5.41) is 9.85. The van der Waals surface area contributed by atoms with E-state index in [-0.39, 0.29) is 11.4 Å². The van der Waals surface area contributed by atoms with Crippen molar-refractivity contribution >= 4 is 27.8 Å². The Kier molecular flexibility index (Phi) is 6.26. The van der Waals surface area contributed by atoms with Crippen LogP contribution in [0.2, 0.25) is 0 Å². The van der Waals surface area contributed by atoms with Crippen LogP contribution in [0, 0.1) is 39.0 Å². The largest absolute Gasteiger partial charge is 0.345 e. The smallest absolute Gasteiger partial charge is 0.205 e. The fourth-order valence-corrected chi connectivity index (χ4v) is 5.37. The van der Waals surface area contributed by atoms with Crippen LogP contribution in [0.15, 0.2) is 46.4 Å². The summed E-state index contributed by atoms with van der Waals surface area (Å²) < 4.78 is 5.47. The highest BCUT2D eigenvalue weighted by Gasteiger charge is 2.25. The molecule has 0 saturated heterocycles. The Labute approximate surface area is 198 Å². The fourth-order valence-electron chi connectivity index (χ4n) is 5.10. The molecule has 4 nitrogen and oxygen atoms in total. The molecule has 1 aliphatic rings. The molecule has 1 aromatic carbocycles. The van der Waals surface area contributed by atoms with Crippen molar-refractivity contribution in [2.45, 2.75) is 59.4 Å². The average molecular weight is 490 g/mol. The van der Waals surface area contributed by atoms with E-state index < -0.39 is 0 Å². The van der Waals surface area contributed by atoms with Gasteiger partial charge in [0.25, 0.3) is 0 Å². The number of halogens is 1. The van der Waals surface area contributed by atoms with Crippen LogP contribution in [0.5, 0.6) is 0 Å². The van der Waals surface area contributed by atoms with Crippen molar-refractivity contribution < 1.29 is 4.79 Å². The molecule has 0 spiro atoms. The van der Waals surface area contributed by atoms with Crippen molar-refractivity contribution in [3.05, 3.63) is 80.3 Å². The summed E-state index contributed by atoms with van der Waals surface area (Å²) in [4.78, 5) is 13.4. The van der Waals surface area contributed by atoms with Gasteiger partial charge in [-0.05, 0) is 88.6 Å². The fraction of sp³-hybridized carbons (Fsp3) is 0.333. The van der Waals surface area contributed by atoms with Crippen LogP contribution in [0.1, 0.15) is 70.4 Å². The number of ketones is 1. The zero-order chi connectivity index (χ0) is 23.0. The van der Waals surface area contributed by atoms with Gasteiger partial charge in [0, 0.05) is 44.5 Å². The Morgan fingerprint density at radius 1 is 1.03 bits per heavy atom. The molecular formula is C27H28BrN3O. The van der Waals surface area contributed by atoms with E-state index in [0.717, 1.165) is 51.3 Å². The first-order valence-corrected chi connectivity index (χ1v) is 11.9. The predicted molar refractivity (Wildman–Crippen MR) is 132 cm³/mol. The first-order chi connectivity index (χ1) is 15.3. The van der Waals surface area contributed by atoms with Crippen LogP contribution in [0.3, 0.4) is 0 Å². The Morgan fingerprint density at radius 2 is 1.69 bits per heavy atom. The van der Waals surface area contributed by atoms with Gasteiger partial charge < -0.3 is 9.13 Å². The lowest BCUT2D eigenvalue weighted by Gasteiger charge is -2.17. The third kappa shape index (κ3) is 4.00. The zero-order valence-electron chi connectivity index (χ0n) is 19.1. The summed E-state index contributed by atoms with van der Waals surface area (Å²) in [5.74, 6) is -0.196. The van der Waals surface area contributed by atoms with Gasteiger partial charge in [-0.25, -0.2) is 0 Å². The van der Waals surface area contributed by atoms with Gasteiger partial charge in [-0.15, -0.1) is 0 Å². The van der Waals surface area contributed by atoms with Crippen molar-refractivity contribution in [1.29, 1.82) is 5.26 Å². The highest BCUT2D eigenvalue weighted by molar-refractivity contribution is 9.10. The molecule has 1 fully saturated rings. The minimum atomic E-state index is -0.196. The number of benzene rings is 1. The maximum absolute atomic E-state index is 13.4. The van der Waals surface area contributed by atoms with Crippen molar-refractivity contribution in [3.63, 3.8) is 0 Å². The highest BCUT2D eigenvalue weighted by atomic mass is 79.9. The predicted octanol–water partition coefficient (Wildman–Crippen LogP) is 7.18. The summed E-state index contributed by atoms with van der Waals surface area (Å²) in [6.07, 6.45) is 6.53. The number of hydrogen-bond acceptors (Lipinski definition) is 2. The summed E-state index contributed by atoms with van der Waals surface area (Å²) in [5.41, 5.74) is 6.88. The standard InChI is InChI=1S/C27H28BrN3O/c1-17-13-21(19(3)30(17)25-11-9-23(28)10-12-25)15-22(16-29)27(32)26-14-18(2)31(20(26)4)24-7-5-6-8-24/h9-15,24H,5-8H2,1-4H3/b22-15+. The molecule has 0 N–H and O–H groups in total. The van der Waals surface area contributed by atoms with Crippen LogP contribution >= 0.6 is 15.9 Å². The van der Waals surface area contributed by atoms with Gasteiger partial charge in [0.1, 0.15) is 11.6 Å². The summed E-state index contributed by atoms with van der Waals surface area (Å²) >= 11 is 3.48. The van der Waals surface area contributed by atoms with Crippen LogP contribution in [-0.4, -0.2) is 14.9 Å². The number of nitriles is 1. The summed E-state index contributed by atoms with van der Waals surface area (Å²) in [7, 11) is 0. The van der Waals surface area contributed by atoms with Crippen LogP contribution in [0.25, 0.3) is 11.8 Å². The van der Waals surface area contributed by atoms with Crippen LogP contribution in [-0.2, 0) is 0 Å². The van der Waals surface area contributed by atoms with Gasteiger partial charge in [0.05, 0.1) is 0 Å². The second-order valence-electron chi connectivity index (χ2n) is 8.73. The number of Topliss-reactive ketones (excluding diaryl/α,β-unsaturated/α-hetero) is 1. The molecule has 0 aliphatic heterocycles. The molecule has 0 atom stereocenters. The molecule has 1 saturated carbocycles. The summed E-state index contributed by atoms with van der Waals surface area (Å²) in [6.45, 7) is 8.12. The summed E-state index contributed by atoms with van der Waals surface area (Å²) in [6, 6.07) is 14.7. The molecule has 0 bridgehead atoms. The quantitative estimate of drug-likeness (QED) is 0.216. The molecule has 1 aliphatic carbocycles. The van der Waals surface area contributed by atoms with Gasteiger partial charge in [-0.3, -0.25) is 4.79 Å². The van der Waals surface area contributed by atoms with Gasteiger partial charge in [0.2, 0.25) is 5.78 Å². The number of hydrogen-bond donors (Lipinski definition) is 0. The lowest BCUT2D eigenvalue weighted by Crippen LogP contribution is -2.10. The Balaban J connectivity index is 1.71. The van der Waals surface area contributed by atoms with E-state index in [4.69, 9.17) is 0 Å². The van der Waals surface area contributed by atoms with E-state index in [0.29, 0.717) is 11.6 Å². The zero-order valence-corrected chi connectivity index (χ0v) is 20.7. The highest BCUT2D eigenvalue weighted by Crippen LogP contribution is 2.34. The topological polar surface area (TPSA) is 50.7 Å². The molecule has 3 aromatic rings. The SMILES string of the molecule is Cc1cc(/C=C(\C#N)C(=O)c2cc(C)n(C3CCCC3)c2C)c(C)n1-c1ccc(Br)cc1. The molecule has 0 unspecified atom stereocenters. The average Bonchev–Trinajstić information content (AvgIpc) is 3.45. The van der Waals surface area contributed by atoms with Gasteiger partial charge >= 0.3 is 0 Å². The number of aromatic nitrogens is 2. The third-order valence-corrected chi connectivity index (χ3v) is 7.17. The van der Waals surface area contributed by atoms with Crippen LogP contribution in [0.4, 0.5) is 0 Å². The van der Waals surface area contributed by atoms with E-state index in [1.165, 1.54) is 12.8 Å². The van der Waals surface area contributed by atoms with E-state index in [9.17, 15) is 10.1 Å². The molecule has 0 amide bonds. The minimum Gasteiger partial charge on any atom is -0.345 e. The number of nitrogens with zero attached hydrogens (tertiary/aromatic N) is 3. The Morgan fingerprint density at radius 3 is 2.31 bits per heavy atom. The van der Waals surface area contributed by atoms with Crippen molar-refractivity contribution in [1.82, 2.24) is 9.13 Å². The minimum absolute atomic E-state index is 0.174. The molecule has 4 rings (SSSR count). The molecule has 164 valence electrons. The first kappa shape index (κ1) is 22.4. The Bertz CT molecular complexity index is 1250. The lowest BCUT2D eigenvalue weighted by atomic mass is 10.0. The number of rotatable bonds is 5. The molecule has 5 heteroatoms. The number of allylic oxidation sites excluding steroid dienone is 1. The van der Waals surface area contributed by atoms with Gasteiger partial charge in [-0.2, -0.15) is 5.26 Å². The number of carbonyl (C=O) groups is 1. The first-order valence-electron chi connectivity index (χ1n) is 11.1. The number of carbonyl (C=O) groups excluding carboxylic acids is 1. The molecule has 2 aromatic heterocycles. The van der Waals surface area contributed by atoms with E-state index >= 15 is 0 Å². The van der Waals surface area contributed by atoms with Crippen molar-refractivity contribution in [3.8, 4) is 11.8 Å². The van der Waals surface area contributed by atoms with Crippen molar-refractivity contribution in [2.75, 3.05) is 0 Å². The van der Waals surface area contributed by atoms with Gasteiger partial charge in [-0.1, -0.05) is 28.8 Å². The Hall–Kier alpha value is -2.84. The maximum atomic E-state index is 13.4. The maximum Gasteiger partial charge on any atom is 0.205 e. The molecule has 0 radical (unpaired) electrons. The molecular weight excluding hydrogens is 462 g/mol. The van der Waals surface area contributed by atoms with Gasteiger partial charge in [0.15, 0.2) is 0 Å². The van der Waals surface area contributed by atoms with E-state index in [2.05, 4.69) is 38.1 Å². The lowest BCUT2D eigenvalue weighted by molar-refractivity contribution is 0.103. The molecule has 2 heterocycles. The molecule has 32 heavy (non-hydrogen) atoms. The van der Waals surface area contributed by atoms with E-state index in [1.807, 2.05) is 57.2 Å². The second-order valence-corrected chi connectivity index (χ2v) is 9.65. The van der Waals surface area contributed by atoms with Crippen LogP contribution < -0.4 is 0 Å². The number of aryl methyl sites for hydroxylation is 2. The second kappa shape index (κ2) is 8.96. The third-order valence-electron chi connectivity index (χ3n) is 6.64.